The SMILES string of the molecule is C/C(=N/NC(=O)CN(c1cc(Cl)ccc1C)S(C)(=O)=O)c1cccc(I)c1. The minimum atomic E-state index is -3.68. The average Bonchev–Trinajstić information content (AvgIpc) is 2.59. The molecule has 1 amide bonds. The maximum absolute atomic E-state index is 12.3. The van der Waals surface area contributed by atoms with E-state index in [9.17, 15) is 13.2 Å². The zero-order chi connectivity index (χ0) is 20.2. The van der Waals surface area contributed by atoms with Gasteiger partial charge in [0.1, 0.15) is 6.54 Å². The molecule has 0 fully saturated rings. The molecule has 1 N–H and O–H groups in total. The second-order valence-corrected chi connectivity index (χ2v) is 9.53. The predicted octanol–water partition coefficient (Wildman–Crippen LogP) is 3.56. The van der Waals surface area contributed by atoms with Crippen molar-refractivity contribution in [1.82, 2.24) is 5.43 Å². The number of halogens is 2. The zero-order valence-electron chi connectivity index (χ0n) is 15.0. The third kappa shape index (κ3) is 6.18. The van der Waals surface area contributed by atoms with E-state index in [0.29, 0.717) is 22.0 Å². The normalized spacial score (nSPS) is 12.0. The van der Waals surface area contributed by atoms with Crippen molar-refractivity contribution >= 4 is 61.5 Å². The van der Waals surface area contributed by atoms with Crippen LogP contribution in [0.15, 0.2) is 47.6 Å². The van der Waals surface area contributed by atoms with Crippen molar-refractivity contribution in [3.8, 4) is 0 Å². The Morgan fingerprint density at radius 2 is 1.96 bits per heavy atom. The Balaban J connectivity index is 2.20. The van der Waals surface area contributed by atoms with Crippen molar-refractivity contribution in [2.75, 3.05) is 17.1 Å². The van der Waals surface area contributed by atoms with E-state index >= 15 is 0 Å². The lowest BCUT2D eigenvalue weighted by Gasteiger charge is -2.23. The molecule has 0 aromatic heterocycles. The Bertz CT molecular complexity index is 993. The van der Waals surface area contributed by atoms with Crippen LogP contribution in [0.3, 0.4) is 0 Å². The molecular weight excluding hydrogens is 501 g/mol. The van der Waals surface area contributed by atoms with Crippen molar-refractivity contribution in [3.05, 3.63) is 62.2 Å². The Morgan fingerprint density at radius 3 is 2.59 bits per heavy atom. The molecule has 0 heterocycles. The number of anilines is 1. The lowest BCUT2D eigenvalue weighted by molar-refractivity contribution is -0.119. The first-order valence-corrected chi connectivity index (χ1v) is 11.2. The van der Waals surface area contributed by atoms with Gasteiger partial charge >= 0.3 is 0 Å². The Hall–Kier alpha value is -1.65. The van der Waals surface area contributed by atoms with Crippen LogP contribution in [0.4, 0.5) is 5.69 Å². The van der Waals surface area contributed by atoms with Gasteiger partial charge in [-0.3, -0.25) is 9.10 Å². The molecule has 0 aliphatic rings. The summed E-state index contributed by atoms with van der Waals surface area (Å²) in [5, 5.41) is 4.46. The second-order valence-electron chi connectivity index (χ2n) is 5.94. The van der Waals surface area contributed by atoms with Crippen molar-refractivity contribution < 1.29 is 13.2 Å². The van der Waals surface area contributed by atoms with E-state index in [-0.39, 0.29) is 0 Å². The predicted molar refractivity (Wildman–Crippen MR) is 118 cm³/mol. The van der Waals surface area contributed by atoms with Gasteiger partial charge in [0.15, 0.2) is 0 Å². The van der Waals surface area contributed by atoms with Gasteiger partial charge in [-0.2, -0.15) is 5.10 Å². The largest absolute Gasteiger partial charge is 0.271 e. The van der Waals surface area contributed by atoms with Crippen LogP contribution in [0.2, 0.25) is 5.02 Å². The summed E-state index contributed by atoms with van der Waals surface area (Å²) in [6, 6.07) is 12.5. The summed E-state index contributed by atoms with van der Waals surface area (Å²) in [5.41, 5.74) is 4.95. The molecule has 6 nitrogen and oxygen atoms in total. The van der Waals surface area contributed by atoms with Gasteiger partial charge in [0.05, 0.1) is 17.7 Å². The number of nitrogens with zero attached hydrogens (tertiary/aromatic N) is 2. The van der Waals surface area contributed by atoms with E-state index in [1.807, 2.05) is 24.3 Å². The van der Waals surface area contributed by atoms with Crippen LogP contribution in [0, 0.1) is 10.5 Å². The van der Waals surface area contributed by atoms with Crippen LogP contribution in [0.1, 0.15) is 18.1 Å². The maximum atomic E-state index is 12.3. The minimum Gasteiger partial charge on any atom is -0.271 e. The van der Waals surface area contributed by atoms with Crippen molar-refractivity contribution in [3.63, 3.8) is 0 Å². The van der Waals surface area contributed by atoms with Crippen molar-refractivity contribution in [1.29, 1.82) is 0 Å². The fourth-order valence-corrected chi connectivity index (χ4v) is 3.94. The van der Waals surface area contributed by atoms with E-state index in [0.717, 1.165) is 19.7 Å². The van der Waals surface area contributed by atoms with Gasteiger partial charge in [-0.1, -0.05) is 29.8 Å². The van der Waals surface area contributed by atoms with Crippen LogP contribution < -0.4 is 9.73 Å². The molecule has 0 unspecified atom stereocenters. The Morgan fingerprint density at radius 1 is 1.26 bits per heavy atom. The van der Waals surface area contributed by atoms with E-state index in [2.05, 4.69) is 33.1 Å². The molecule has 2 rings (SSSR count). The molecule has 0 aliphatic carbocycles. The number of hydrogen-bond donors (Lipinski definition) is 1. The third-order valence-electron chi connectivity index (χ3n) is 3.72. The van der Waals surface area contributed by atoms with Crippen molar-refractivity contribution in [2.45, 2.75) is 13.8 Å². The lowest BCUT2D eigenvalue weighted by Crippen LogP contribution is -2.39. The van der Waals surface area contributed by atoms with Crippen LogP contribution in [0.5, 0.6) is 0 Å². The molecule has 0 saturated carbocycles. The van der Waals surface area contributed by atoms with E-state index in [1.165, 1.54) is 6.07 Å². The zero-order valence-corrected chi connectivity index (χ0v) is 18.8. The van der Waals surface area contributed by atoms with E-state index < -0.39 is 22.5 Å². The molecule has 0 saturated heterocycles. The first kappa shape index (κ1) is 21.6. The summed E-state index contributed by atoms with van der Waals surface area (Å²) in [4.78, 5) is 12.3. The number of nitrogens with one attached hydrogen (secondary N) is 1. The molecule has 2 aromatic carbocycles. The minimum absolute atomic E-state index is 0.360. The van der Waals surface area contributed by atoms with Crippen LogP contribution in [-0.2, 0) is 14.8 Å². The van der Waals surface area contributed by atoms with Gasteiger partial charge < -0.3 is 0 Å². The molecule has 144 valence electrons. The van der Waals surface area contributed by atoms with Gasteiger partial charge in [0.25, 0.3) is 5.91 Å². The van der Waals surface area contributed by atoms with Gasteiger partial charge in [0, 0.05) is 8.59 Å². The quantitative estimate of drug-likeness (QED) is 0.360. The molecular formula is C18H19ClIN3O3S. The third-order valence-corrected chi connectivity index (χ3v) is 5.75. The standard InChI is InChI=1S/C18H19ClIN3O3S/c1-12-7-8-15(19)10-17(12)23(27(3,25)26)11-18(24)22-21-13(2)14-5-4-6-16(20)9-14/h4-10H,11H2,1-3H3,(H,22,24)/b21-13-. The summed E-state index contributed by atoms with van der Waals surface area (Å²) in [6.45, 7) is 3.12. The van der Waals surface area contributed by atoms with Gasteiger partial charge in [0.2, 0.25) is 10.0 Å². The molecule has 0 bridgehead atoms. The molecule has 0 radical (unpaired) electrons. The number of sulfonamides is 1. The summed E-state index contributed by atoms with van der Waals surface area (Å²) in [6.07, 6.45) is 1.04. The fraction of sp³-hybridized carbons (Fsp3) is 0.222. The Kier molecular flexibility index (Phi) is 7.24. The average molecular weight is 520 g/mol. The van der Waals surface area contributed by atoms with Crippen molar-refractivity contribution in [2.24, 2.45) is 5.10 Å². The van der Waals surface area contributed by atoms with Crippen LogP contribution >= 0.6 is 34.2 Å². The number of aryl methyl sites for hydroxylation is 1. The first-order chi connectivity index (χ1) is 12.6. The van der Waals surface area contributed by atoms with E-state index in [1.54, 1.807) is 26.0 Å². The number of carbonyl (C=O) groups is 1. The second kappa shape index (κ2) is 9.03. The Labute approximate surface area is 177 Å². The number of rotatable bonds is 6. The van der Waals surface area contributed by atoms with E-state index in [4.69, 9.17) is 11.6 Å². The van der Waals surface area contributed by atoms with Crippen LogP contribution in [0.25, 0.3) is 0 Å². The van der Waals surface area contributed by atoms with Gasteiger partial charge in [-0.15, -0.1) is 0 Å². The molecule has 9 heteroatoms. The van der Waals surface area contributed by atoms with Gasteiger partial charge in [-0.05, 0) is 71.8 Å². The highest BCUT2D eigenvalue weighted by Crippen LogP contribution is 2.26. The molecule has 0 atom stereocenters. The topological polar surface area (TPSA) is 78.8 Å². The monoisotopic (exact) mass is 519 g/mol. The fourth-order valence-electron chi connectivity index (χ4n) is 2.32. The highest BCUT2D eigenvalue weighted by molar-refractivity contribution is 14.1. The summed E-state index contributed by atoms with van der Waals surface area (Å²) in [7, 11) is -3.68. The van der Waals surface area contributed by atoms with Gasteiger partial charge in [-0.25, -0.2) is 13.8 Å². The summed E-state index contributed by atoms with van der Waals surface area (Å²) in [5.74, 6) is -0.551. The molecule has 0 aliphatic heterocycles. The smallest absolute Gasteiger partial charge is 0.260 e. The lowest BCUT2D eigenvalue weighted by atomic mass is 10.1. The number of benzene rings is 2. The maximum Gasteiger partial charge on any atom is 0.260 e. The van der Waals surface area contributed by atoms with Crippen LogP contribution in [-0.4, -0.2) is 32.8 Å². The summed E-state index contributed by atoms with van der Waals surface area (Å²) < 4.78 is 26.4. The molecule has 27 heavy (non-hydrogen) atoms. The molecule has 2 aromatic rings. The number of hydrogen-bond acceptors (Lipinski definition) is 4. The number of carbonyl (C=O) groups excluding carboxylic acids is 1. The highest BCUT2D eigenvalue weighted by Gasteiger charge is 2.22. The number of hydrazone groups is 1. The molecule has 0 spiro atoms. The first-order valence-electron chi connectivity index (χ1n) is 7.91. The highest BCUT2D eigenvalue weighted by atomic mass is 127. The number of amides is 1. The summed E-state index contributed by atoms with van der Waals surface area (Å²) >= 11 is 8.18.